The molecule has 0 aromatic rings. The highest BCUT2D eigenvalue weighted by molar-refractivity contribution is 5.68. The molecule has 0 aromatic carbocycles. The van der Waals surface area contributed by atoms with Gasteiger partial charge in [0.1, 0.15) is 5.60 Å². The number of rotatable bonds is 6. The number of amides is 1. The molecular weight excluding hydrogens is 370 g/mol. The van der Waals surface area contributed by atoms with Gasteiger partial charge in [-0.2, -0.15) is 0 Å². The van der Waals surface area contributed by atoms with Crippen LogP contribution in [0, 0.1) is 5.92 Å². The minimum absolute atomic E-state index is 0.176. The quantitative estimate of drug-likeness (QED) is 0.725. The minimum Gasteiger partial charge on any atom is -0.444 e. The first-order chi connectivity index (χ1) is 13.8. The number of piperidine rings is 1. The van der Waals surface area contributed by atoms with Crippen LogP contribution in [0.15, 0.2) is 0 Å². The van der Waals surface area contributed by atoms with E-state index in [1.165, 1.54) is 6.42 Å². The van der Waals surface area contributed by atoms with Gasteiger partial charge in [-0.3, -0.25) is 4.90 Å². The van der Waals surface area contributed by atoms with Crippen molar-refractivity contribution in [3.05, 3.63) is 0 Å². The largest absolute Gasteiger partial charge is 0.444 e. The number of nitrogens with one attached hydrogen (secondary N) is 1. The summed E-state index contributed by atoms with van der Waals surface area (Å²) in [5.74, 6) is 0.570. The number of hydrogen-bond donors (Lipinski definition) is 1. The van der Waals surface area contributed by atoms with Gasteiger partial charge in [-0.25, -0.2) is 4.79 Å². The Bertz CT molecular complexity index is 513. The van der Waals surface area contributed by atoms with Crippen molar-refractivity contribution in [2.24, 2.45) is 5.92 Å². The number of nitrogens with zero attached hydrogens (tertiary/aromatic N) is 2. The Morgan fingerprint density at radius 1 is 1.10 bits per heavy atom. The van der Waals surface area contributed by atoms with Crippen LogP contribution in [-0.2, 0) is 14.2 Å². The average Bonchev–Trinajstić information content (AvgIpc) is 3.22. The normalized spacial score (nSPS) is 28.9. The van der Waals surface area contributed by atoms with Crippen molar-refractivity contribution in [1.82, 2.24) is 15.1 Å². The van der Waals surface area contributed by atoms with E-state index in [-0.39, 0.29) is 18.2 Å². The van der Waals surface area contributed by atoms with E-state index in [1.54, 1.807) is 0 Å². The van der Waals surface area contributed by atoms with Gasteiger partial charge in [0.2, 0.25) is 0 Å². The van der Waals surface area contributed by atoms with E-state index in [1.807, 2.05) is 25.7 Å². The summed E-state index contributed by atoms with van der Waals surface area (Å²) in [5, 5.41) is 3.79. The van der Waals surface area contributed by atoms with E-state index >= 15 is 0 Å². The molecule has 168 valence electrons. The molecule has 7 nitrogen and oxygen atoms in total. The minimum atomic E-state index is -0.459. The van der Waals surface area contributed by atoms with Crippen LogP contribution in [0.1, 0.15) is 53.4 Å². The van der Waals surface area contributed by atoms with Crippen LogP contribution in [0.2, 0.25) is 0 Å². The number of carbonyl (C=O) groups excluding carboxylic acids is 1. The van der Waals surface area contributed by atoms with Gasteiger partial charge < -0.3 is 24.4 Å². The van der Waals surface area contributed by atoms with Gasteiger partial charge in [-0.15, -0.1) is 0 Å². The predicted octanol–water partition coefficient (Wildman–Crippen LogP) is 2.49. The molecule has 1 N–H and O–H groups in total. The molecule has 3 rings (SSSR count). The van der Waals surface area contributed by atoms with Crippen LogP contribution < -0.4 is 5.32 Å². The zero-order chi connectivity index (χ0) is 20.9. The van der Waals surface area contributed by atoms with Gasteiger partial charge in [-0.05, 0) is 53.4 Å². The average molecular weight is 412 g/mol. The first-order valence-electron chi connectivity index (χ1n) is 11.5. The van der Waals surface area contributed by atoms with E-state index in [9.17, 15) is 4.79 Å². The molecule has 4 atom stereocenters. The molecule has 0 aliphatic carbocycles. The van der Waals surface area contributed by atoms with Gasteiger partial charge in [0.25, 0.3) is 0 Å². The molecule has 3 aliphatic heterocycles. The summed E-state index contributed by atoms with van der Waals surface area (Å²) in [6.07, 6.45) is 4.20. The van der Waals surface area contributed by atoms with Crippen molar-refractivity contribution in [3.8, 4) is 0 Å². The molecule has 3 aliphatic rings. The van der Waals surface area contributed by atoms with E-state index in [0.717, 1.165) is 71.9 Å². The van der Waals surface area contributed by atoms with Crippen molar-refractivity contribution in [2.45, 2.75) is 77.1 Å². The monoisotopic (exact) mass is 411 g/mol. The lowest BCUT2D eigenvalue weighted by Crippen LogP contribution is -2.57. The lowest BCUT2D eigenvalue weighted by atomic mass is 9.94. The van der Waals surface area contributed by atoms with Gasteiger partial charge >= 0.3 is 6.09 Å². The van der Waals surface area contributed by atoms with Crippen molar-refractivity contribution in [1.29, 1.82) is 0 Å². The maximum Gasteiger partial charge on any atom is 0.410 e. The maximum absolute atomic E-state index is 12.8. The third-order valence-electron chi connectivity index (χ3n) is 6.43. The maximum atomic E-state index is 12.8. The summed E-state index contributed by atoms with van der Waals surface area (Å²) < 4.78 is 16.9. The summed E-state index contributed by atoms with van der Waals surface area (Å²) in [5.41, 5.74) is -0.459. The van der Waals surface area contributed by atoms with E-state index in [2.05, 4.69) is 17.1 Å². The van der Waals surface area contributed by atoms with Crippen LogP contribution >= 0.6 is 0 Å². The fourth-order valence-electron chi connectivity index (χ4n) is 4.83. The van der Waals surface area contributed by atoms with Crippen LogP contribution in [0.25, 0.3) is 0 Å². The zero-order valence-electron chi connectivity index (χ0n) is 18.8. The van der Waals surface area contributed by atoms with Crippen molar-refractivity contribution >= 4 is 6.09 Å². The molecule has 0 spiro atoms. The van der Waals surface area contributed by atoms with Gasteiger partial charge in [-0.1, -0.05) is 0 Å². The van der Waals surface area contributed by atoms with E-state index < -0.39 is 5.60 Å². The summed E-state index contributed by atoms with van der Waals surface area (Å²) in [6.45, 7) is 15.1. The molecule has 3 fully saturated rings. The van der Waals surface area contributed by atoms with Gasteiger partial charge in [0.15, 0.2) is 0 Å². The Morgan fingerprint density at radius 2 is 1.86 bits per heavy atom. The molecule has 0 unspecified atom stereocenters. The van der Waals surface area contributed by atoms with Crippen molar-refractivity contribution < 1.29 is 19.0 Å². The van der Waals surface area contributed by atoms with Crippen LogP contribution in [0.4, 0.5) is 4.79 Å². The third-order valence-corrected chi connectivity index (χ3v) is 6.43. The van der Waals surface area contributed by atoms with E-state index in [4.69, 9.17) is 14.2 Å². The Kier molecular flexibility index (Phi) is 8.19. The van der Waals surface area contributed by atoms with Crippen molar-refractivity contribution in [3.63, 3.8) is 0 Å². The molecule has 29 heavy (non-hydrogen) atoms. The van der Waals surface area contributed by atoms with Crippen LogP contribution in [-0.4, -0.2) is 92.2 Å². The van der Waals surface area contributed by atoms with Crippen LogP contribution in [0.3, 0.4) is 0 Å². The van der Waals surface area contributed by atoms with Gasteiger partial charge in [0, 0.05) is 50.8 Å². The molecular formula is C22H41N3O4. The Morgan fingerprint density at radius 3 is 2.52 bits per heavy atom. The summed E-state index contributed by atoms with van der Waals surface area (Å²) in [7, 11) is 0. The number of morpholine rings is 1. The summed E-state index contributed by atoms with van der Waals surface area (Å²) in [6, 6.07) is 0.875. The Balaban J connectivity index is 1.59. The molecule has 0 radical (unpaired) electrons. The number of carbonyl (C=O) groups is 1. The Labute approximate surface area is 176 Å². The molecule has 7 heteroatoms. The highest BCUT2D eigenvalue weighted by atomic mass is 16.6. The smallest absolute Gasteiger partial charge is 0.410 e. The molecule has 0 bridgehead atoms. The molecule has 0 saturated carbocycles. The lowest BCUT2D eigenvalue weighted by Gasteiger charge is -2.42. The number of likely N-dealkylation sites (tertiary alicyclic amines) is 1. The van der Waals surface area contributed by atoms with Gasteiger partial charge in [0.05, 0.1) is 25.9 Å². The SMILES string of the molecule is C[C@H](NC[C@H]([C@@H]1CCOC1)N1CCOCC1)[C@H]1CCCCN1C(=O)OC(C)(C)C. The second-order valence-corrected chi connectivity index (χ2v) is 9.77. The third kappa shape index (κ3) is 6.54. The fraction of sp³-hybridized carbons (Fsp3) is 0.955. The second-order valence-electron chi connectivity index (χ2n) is 9.77. The topological polar surface area (TPSA) is 63.3 Å². The van der Waals surface area contributed by atoms with Crippen LogP contribution in [0.5, 0.6) is 0 Å². The highest BCUT2D eigenvalue weighted by Gasteiger charge is 2.36. The fourth-order valence-corrected chi connectivity index (χ4v) is 4.83. The number of hydrogen-bond acceptors (Lipinski definition) is 6. The van der Waals surface area contributed by atoms with Crippen molar-refractivity contribution in [2.75, 3.05) is 52.6 Å². The zero-order valence-corrected chi connectivity index (χ0v) is 18.8. The summed E-state index contributed by atoms with van der Waals surface area (Å²) in [4.78, 5) is 17.3. The second kappa shape index (κ2) is 10.4. The lowest BCUT2D eigenvalue weighted by molar-refractivity contribution is -0.00391. The molecule has 1 amide bonds. The molecule has 3 heterocycles. The summed E-state index contributed by atoms with van der Waals surface area (Å²) >= 11 is 0. The number of ether oxygens (including phenoxy) is 3. The Hall–Kier alpha value is -0.890. The highest BCUT2D eigenvalue weighted by Crippen LogP contribution is 2.25. The molecule has 0 aromatic heterocycles. The molecule has 3 saturated heterocycles. The predicted molar refractivity (Wildman–Crippen MR) is 113 cm³/mol. The first kappa shape index (κ1) is 22.8. The van der Waals surface area contributed by atoms with E-state index in [0.29, 0.717) is 12.0 Å². The first-order valence-corrected chi connectivity index (χ1v) is 11.5. The standard InChI is InChI=1S/C22H41N3O4/c1-17(19-7-5-6-9-25(19)21(26)29-22(2,3)4)23-15-20(18-8-12-28-16-18)24-10-13-27-14-11-24/h17-20,23H,5-16H2,1-4H3/t17-,18+,19+,20+/m0/s1.